The Bertz CT molecular complexity index is 788. The number of nitrogens with one attached hydrogen (secondary N) is 1. The van der Waals surface area contributed by atoms with E-state index in [1.54, 1.807) is 17.8 Å². The Morgan fingerprint density at radius 1 is 1.19 bits per heavy atom. The van der Waals surface area contributed by atoms with Crippen molar-refractivity contribution in [2.45, 2.75) is 19.8 Å². The van der Waals surface area contributed by atoms with Gasteiger partial charge in [-0.25, -0.2) is 4.79 Å². The maximum Gasteiger partial charge on any atom is 0.341 e. The Balaban J connectivity index is 2.49. The number of ether oxygens (including phenoxy) is 4. The van der Waals surface area contributed by atoms with Crippen LogP contribution in [0.4, 0.5) is 11.5 Å². The third kappa shape index (κ3) is 5.11. The summed E-state index contributed by atoms with van der Waals surface area (Å²) in [4.78, 5) is 11.9. The minimum absolute atomic E-state index is 0.0127. The highest BCUT2D eigenvalue weighted by Crippen LogP contribution is 2.35. The lowest BCUT2D eigenvalue weighted by Gasteiger charge is -2.16. The molecule has 1 aromatic carbocycles. The first kappa shape index (κ1) is 20.5. The van der Waals surface area contributed by atoms with Crippen LogP contribution in [-0.4, -0.2) is 48.7 Å². The van der Waals surface area contributed by atoms with E-state index in [4.69, 9.17) is 18.9 Å². The van der Waals surface area contributed by atoms with Gasteiger partial charge >= 0.3 is 5.97 Å². The predicted octanol–water partition coefficient (Wildman–Crippen LogP) is 2.95. The van der Waals surface area contributed by atoms with Crippen molar-refractivity contribution >= 4 is 17.5 Å². The lowest BCUT2D eigenvalue weighted by Crippen LogP contribution is -2.11. The number of carboxylic acid groups (broad SMARTS) is 1. The number of rotatable bonds is 10. The highest BCUT2D eigenvalue weighted by Gasteiger charge is 2.21. The molecule has 0 bridgehead atoms. The molecule has 1 heterocycles. The summed E-state index contributed by atoms with van der Waals surface area (Å²) in [6, 6.07) is 4.92. The van der Waals surface area contributed by atoms with Crippen molar-refractivity contribution in [2.75, 3.05) is 33.1 Å². The lowest BCUT2D eigenvalue weighted by molar-refractivity contribution is 0.0447. The SMILES string of the molecule is COCOc1cc(Nc2cc(C(C)C)nn2C)c(C(=O)O)c(OCOC)c1. The van der Waals surface area contributed by atoms with E-state index in [0.717, 1.165) is 5.69 Å². The molecule has 0 unspecified atom stereocenters. The Kier molecular flexibility index (Phi) is 7.03. The summed E-state index contributed by atoms with van der Waals surface area (Å²) in [6.07, 6.45) is 0. The first-order valence-electron chi connectivity index (χ1n) is 8.33. The quantitative estimate of drug-likeness (QED) is 0.607. The Labute approximate surface area is 157 Å². The number of anilines is 2. The molecular formula is C18H25N3O6. The van der Waals surface area contributed by atoms with Gasteiger partial charge in [-0.2, -0.15) is 5.10 Å². The van der Waals surface area contributed by atoms with E-state index >= 15 is 0 Å². The number of aromatic carboxylic acids is 1. The summed E-state index contributed by atoms with van der Waals surface area (Å²) in [5.74, 6) is 0.243. The average molecular weight is 379 g/mol. The molecule has 27 heavy (non-hydrogen) atoms. The maximum absolute atomic E-state index is 11.9. The Morgan fingerprint density at radius 2 is 1.85 bits per heavy atom. The number of carbonyl (C=O) groups is 1. The zero-order valence-corrected chi connectivity index (χ0v) is 16.1. The molecule has 0 aliphatic carbocycles. The summed E-state index contributed by atoms with van der Waals surface area (Å²) in [5, 5.41) is 17.2. The van der Waals surface area contributed by atoms with Crippen molar-refractivity contribution in [1.29, 1.82) is 0 Å². The fourth-order valence-electron chi connectivity index (χ4n) is 2.38. The summed E-state index contributed by atoms with van der Waals surface area (Å²) in [7, 11) is 4.73. The molecule has 2 N–H and O–H groups in total. The van der Waals surface area contributed by atoms with Crippen molar-refractivity contribution in [1.82, 2.24) is 9.78 Å². The van der Waals surface area contributed by atoms with Crippen LogP contribution < -0.4 is 14.8 Å². The summed E-state index contributed by atoms with van der Waals surface area (Å²) < 4.78 is 22.4. The number of nitrogens with zero attached hydrogens (tertiary/aromatic N) is 2. The molecule has 9 nitrogen and oxygen atoms in total. The van der Waals surface area contributed by atoms with Crippen LogP contribution in [0.1, 0.15) is 35.8 Å². The first-order valence-corrected chi connectivity index (χ1v) is 8.33. The van der Waals surface area contributed by atoms with Gasteiger partial charge in [-0.15, -0.1) is 0 Å². The molecule has 0 atom stereocenters. The molecular weight excluding hydrogens is 354 g/mol. The summed E-state index contributed by atoms with van der Waals surface area (Å²) >= 11 is 0. The van der Waals surface area contributed by atoms with Crippen molar-refractivity contribution < 1.29 is 28.8 Å². The van der Waals surface area contributed by atoms with Gasteiger partial charge in [0.2, 0.25) is 0 Å². The third-order valence-electron chi connectivity index (χ3n) is 3.72. The van der Waals surface area contributed by atoms with Crippen molar-refractivity contribution in [3.05, 3.63) is 29.5 Å². The van der Waals surface area contributed by atoms with Crippen LogP contribution in [0.25, 0.3) is 0 Å². The standard InChI is InChI=1S/C18H25N3O6/c1-11(2)13-8-16(21(3)20-13)19-14-6-12(26-9-24-4)7-15(27-10-25-5)17(14)18(22)23/h6-8,11,19H,9-10H2,1-5H3,(H,22,23). The molecule has 148 valence electrons. The number of aromatic nitrogens is 2. The van der Waals surface area contributed by atoms with E-state index in [1.807, 2.05) is 19.9 Å². The van der Waals surface area contributed by atoms with Crippen LogP contribution in [0.3, 0.4) is 0 Å². The smallest absolute Gasteiger partial charge is 0.341 e. The summed E-state index contributed by atoms with van der Waals surface area (Å²) in [5.41, 5.74) is 1.16. The van der Waals surface area contributed by atoms with Gasteiger partial charge in [0.15, 0.2) is 13.6 Å². The summed E-state index contributed by atoms with van der Waals surface area (Å²) in [6.45, 7) is 3.98. The van der Waals surface area contributed by atoms with Crippen LogP contribution in [-0.2, 0) is 16.5 Å². The molecule has 0 saturated carbocycles. The molecule has 0 aliphatic rings. The number of carboxylic acids is 1. The van der Waals surface area contributed by atoms with Gasteiger partial charge in [0.25, 0.3) is 0 Å². The molecule has 0 aliphatic heterocycles. The fraction of sp³-hybridized carbons (Fsp3) is 0.444. The van der Waals surface area contributed by atoms with Crippen molar-refractivity contribution in [3.8, 4) is 11.5 Å². The Morgan fingerprint density at radius 3 is 2.41 bits per heavy atom. The number of benzene rings is 1. The largest absolute Gasteiger partial charge is 0.477 e. The van der Waals surface area contributed by atoms with E-state index in [-0.39, 0.29) is 30.8 Å². The van der Waals surface area contributed by atoms with E-state index in [0.29, 0.717) is 17.3 Å². The minimum atomic E-state index is -1.15. The van der Waals surface area contributed by atoms with Gasteiger partial charge in [-0.3, -0.25) is 4.68 Å². The van der Waals surface area contributed by atoms with Crippen LogP contribution in [0, 0.1) is 0 Å². The molecule has 0 saturated heterocycles. The van der Waals surface area contributed by atoms with E-state index in [2.05, 4.69) is 10.4 Å². The lowest BCUT2D eigenvalue weighted by atomic mass is 10.1. The zero-order valence-electron chi connectivity index (χ0n) is 16.1. The number of aryl methyl sites for hydroxylation is 1. The van der Waals surface area contributed by atoms with Crippen molar-refractivity contribution in [2.24, 2.45) is 7.05 Å². The minimum Gasteiger partial charge on any atom is -0.477 e. The van der Waals surface area contributed by atoms with Crippen LogP contribution in [0.2, 0.25) is 0 Å². The highest BCUT2D eigenvalue weighted by molar-refractivity contribution is 5.98. The van der Waals surface area contributed by atoms with E-state index < -0.39 is 5.97 Å². The van der Waals surface area contributed by atoms with Gasteiger partial charge in [0, 0.05) is 39.5 Å². The Hall–Kier alpha value is -2.78. The first-order chi connectivity index (χ1) is 12.9. The van der Waals surface area contributed by atoms with E-state index in [1.165, 1.54) is 20.3 Å². The van der Waals surface area contributed by atoms with Gasteiger partial charge in [-0.05, 0) is 5.92 Å². The van der Waals surface area contributed by atoms with Gasteiger partial charge in [0.1, 0.15) is 22.9 Å². The molecule has 0 spiro atoms. The monoisotopic (exact) mass is 379 g/mol. The average Bonchev–Trinajstić information content (AvgIpc) is 2.98. The molecule has 0 amide bonds. The fourth-order valence-corrected chi connectivity index (χ4v) is 2.38. The van der Waals surface area contributed by atoms with Crippen LogP contribution >= 0.6 is 0 Å². The molecule has 1 aromatic heterocycles. The zero-order chi connectivity index (χ0) is 20.0. The number of hydrogen-bond acceptors (Lipinski definition) is 7. The van der Waals surface area contributed by atoms with Gasteiger partial charge in [-0.1, -0.05) is 13.8 Å². The second-order valence-corrected chi connectivity index (χ2v) is 6.11. The highest BCUT2D eigenvalue weighted by atomic mass is 16.7. The van der Waals surface area contributed by atoms with Crippen LogP contribution in [0.15, 0.2) is 18.2 Å². The second-order valence-electron chi connectivity index (χ2n) is 6.11. The van der Waals surface area contributed by atoms with Gasteiger partial charge in [0.05, 0.1) is 11.4 Å². The number of methoxy groups -OCH3 is 2. The molecule has 2 rings (SSSR count). The predicted molar refractivity (Wildman–Crippen MR) is 99.0 cm³/mol. The molecule has 9 heteroatoms. The molecule has 2 aromatic rings. The second kappa shape index (κ2) is 9.24. The van der Waals surface area contributed by atoms with Crippen LogP contribution in [0.5, 0.6) is 11.5 Å². The maximum atomic E-state index is 11.9. The topological polar surface area (TPSA) is 104 Å². The van der Waals surface area contributed by atoms with Gasteiger partial charge < -0.3 is 29.4 Å². The molecule has 0 fully saturated rings. The normalized spacial score (nSPS) is 10.9. The number of hydrogen-bond donors (Lipinski definition) is 2. The van der Waals surface area contributed by atoms with E-state index in [9.17, 15) is 9.90 Å². The molecule has 0 radical (unpaired) electrons. The third-order valence-corrected chi connectivity index (χ3v) is 3.72. The van der Waals surface area contributed by atoms with Crippen molar-refractivity contribution in [3.63, 3.8) is 0 Å².